The predicted molar refractivity (Wildman–Crippen MR) is 103 cm³/mol. The van der Waals surface area contributed by atoms with Crippen LogP contribution in [0.25, 0.3) is 11.1 Å². The summed E-state index contributed by atoms with van der Waals surface area (Å²) in [6, 6.07) is 16.9. The van der Waals surface area contributed by atoms with E-state index in [0.29, 0.717) is 16.7 Å². The van der Waals surface area contributed by atoms with Crippen LogP contribution in [0, 0.1) is 10.1 Å². The summed E-state index contributed by atoms with van der Waals surface area (Å²) in [4.78, 5) is 47.2. The molecule has 0 unspecified atom stereocenters. The summed E-state index contributed by atoms with van der Waals surface area (Å²) in [7, 11) is 0. The third-order valence-corrected chi connectivity index (χ3v) is 4.68. The van der Waals surface area contributed by atoms with E-state index in [1.54, 1.807) is 30.3 Å². The lowest BCUT2D eigenvalue weighted by Gasteiger charge is -2.06. The molecule has 3 aromatic rings. The number of Topliss-reactive ketones (excluding diaryl/α,β-unsaturated/α-hetero) is 1. The number of benzene rings is 3. The van der Waals surface area contributed by atoms with E-state index in [9.17, 15) is 24.5 Å². The van der Waals surface area contributed by atoms with Gasteiger partial charge in [0.2, 0.25) is 5.78 Å². The second-order valence-electron chi connectivity index (χ2n) is 6.44. The first-order valence-corrected chi connectivity index (χ1v) is 8.68. The van der Waals surface area contributed by atoms with E-state index < -0.39 is 23.3 Å². The van der Waals surface area contributed by atoms with Crippen LogP contribution in [0.3, 0.4) is 0 Å². The Kier molecular flexibility index (Phi) is 4.48. The van der Waals surface area contributed by atoms with Crippen molar-refractivity contribution in [2.24, 2.45) is 0 Å². The number of hydrogen-bond acceptors (Lipinski definition) is 6. The number of nitro groups is 1. The van der Waals surface area contributed by atoms with Gasteiger partial charge in [0, 0.05) is 28.8 Å². The monoisotopic (exact) mass is 387 g/mol. The number of rotatable bonds is 5. The molecule has 0 amide bonds. The first-order chi connectivity index (χ1) is 14.0. The molecule has 7 nitrogen and oxygen atoms in total. The van der Waals surface area contributed by atoms with Crippen molar-refractivity contribution in [1.29, 1.82) is 0 Å². The normalized spacial score (nSPS) is 11.5. The maximum atomic E-state index is 12.4. The fourth-order valence-electron chi connectivity index (χ4n) is 3.24. The van der Waals surface area contributed by atoms with Gasteiger partial charge in [-0.1, -0.05) is 36.4 Å². The van der Waals surface area contributed by atoms with Crippen LogP contribution in [-0.4, -0.2) is 29.1 Å². The molecule has 0 aromatic heterocycles. The minimum Gasteiger partial charge on any atom is -0.454 e. The first-order valence-electron chi connectivity index (χ1n) is 8.68. The Labute approximate surface area is 164 Å². The molecule has 0 atom stereocenters. The van der Waals surface area contributed by atoms with Crippen LogP contribution in [0.5, 0.6) is 0 Å². The van der Waals surface area contributed by atoms with Crippen LogP contribution >= 0.6 is 0 Å². The van der Waals surface area contributed by atoms with Gasteiger partial charge >= 0.3 is 5.97 Å². The number of non-ortho nitro benzene ring substituents is 1. The number of fused-ring (bicyclic) bond motifs is 3. The number of esters is 1. The zero-order valence-electron chi connectivity index (χ0n) is 15.0. The molecular formula is C22H13NO6. The second kappa shape index (κ2) is 7.12. The van der Waals surface area contributed by atoms with Crippen molar-refractivity contribution < 1.29 is 24.0 Å². The maximum Gasteiger partial charge on any atom is 0.338 e. The molecule has 0 N–H and O–H groups in total. The summed E-state index contributed by atoms with van der Waals surface area (Å²) in [5.41, 5.74) is 2.55. The molecule has 7 heteroatoms. The van der Waals surface area contributed by atoms with Crippen LogP contribution in [0.2, 0.25) is 0 Å². The van der Waals surface area contributed by atoms with Crippen molar-refractivity contribution >= 4 is 23.2 Å². The molecule has 29 heavy (non-hydrogen) atoms. The number of ether oxygens (including phenoxy) is 1. The van der Waals surface area contributed by atoms with Gasteiger partial charge in [-0.2, -0.15) is 0 Å². The zero-order chi connectivity index (χ0) is 20.5. The summed E-state index contributed by atoms with van der Waals surface area (Å²) in [5.74, 6) is -1.37. The smallest absolute Gasteiger partial charge is 0.338 e. The van der Waals surface area contributed by atoms with Crippen LogP contribution in [0.15, 0.2) is 66.7 Å². The third kappa shape index (κ3) is 3.29. The Bertz CT molecular complexity index is 1200. The van der Waals surface area contributed by atoms with Crippen molar-refractivity contribution in [3.63, 3.8) is 0 Å². The van der Waals surface area contributed by atoms with Crippen molar-refractivity contribution in [1.82, 2.24) is 0 Å². The molecule has 0 saturated heterocycles. The van der Waals surface area contributed by atoms with E-state index in [1.807, 2.05) is 6.07 Å². The average molecular weight is 387 g/mol. The average Bonchev–Trinajstić information content (AvgIpc) is 3.04. The topological polar surface area (TPSA) is 104 Å². The van der Waals surface area contributed by atoms with E-state index in [-0.39, 0.29) is 22.6 Å². The van der Waals surface area contributed by atoms with Gasteiger partial charge in [-0.3, -0.25) is 19.7 Å². The summed E-state index contributed by atoms with van der Waals surface area (Å²) < 4.78 is 5.08. The Hall–Kier alpha value is -4.13. The molecule has 0 saturated carbocycles. The van der Waals surface area contributed by atoms with Crippen LogP contribution in [0.1, 0.15) is 36.6 Å². The first kappa shape index (κ1) is 18.2. The van der Waals surface area contributed by atoms with E-state index in [2.05, 4.69) is 0 Å². The minimum atomic E-state index is -0.719. The maximum absolute atomic E-state index is 12.4. The molecular weight excluding hydrogens is 374 g/mol. The van der Waals surface area contributed by atoms with Gasteiger partial charge in [0.15, 0.2) is 12.4 Å². The largest absolute Gasteiger partial charge is 0.454 e. The van der Waals surface area contributed by atoms with Gasteiger partial charge < -0.3 is 4.74 Å². The lowest BCUT2D eigenvalue weighted by Crippen LogP contribution is -2.14. The lowest BCUT2D eigenvalue weighted by molar-refractivity contribution is -0.384. The van der Waals surface area contributed by atoms with Gasteiger partial charge in [0.1, 0.15) is 0 Å². The standard InChI is InChI=1S/C22H13NO6/c24-20(13-4-3-5-15(10-13)23(27)28)12-29-22(26)14-8-9-18-19(11-14)16-6-1-2-7-17(16)21(18)25/h1-11H,12H2. The van der Waals surface area contributed by atoms with Crippen molar-refractivity contribution in [2.75, 3.05) is 6.61 Å². The van der Waals surface area contributed by atoms with Gasteiger partial charge in [-0.05, 0) is 29.3 Å². The van der Waals surface area contributed by atoms with E-state index in [1.165, 1.54) is 24.3 Å². The van der Waals surface area contributed by atoms with Crippen molar-refractivity contribution in [3.05, 3.63) is 99.1 Å². The molecule has 142 valence electrons. The van der Waals surface area contributed by atoms with E-state index in [0.717, 1.165) is 11.6 Å². The number of carbonyl (C=O) groups is 3. The van der Waals surface area contributed by atoms with Gasteiger partial charge in [0.25, 0.3) is 5.69 Å². The number of nitro benzene ring substituents is 1. The highest BCUT2D eigenvalue weighted by molar-refractivity contribution is 6.22. The molecule has 0 spiro atoms. The van der Waals surface area contributed by atoms with Gasteiger partial charge in [-0.15, -0.1) is 0 Å². The fourth-order valence-corrected chi connectivity index (χ4v) is 3.24. The Morgan fingerprint density at radius 1 is 0.828 bits per heavy atom. The van der Waals surface area contributed by atoms with E-state index >= 15 is 0 Å². The summed E-state index contributed by atoms with van der Waals surface area (Å²) in [6.45, 7) is -0.549. The minimum absolute atomic E-state index is 0.0838. The molecule has 0 radical (unpaired) electrons. The molecule has 4 rings (SSSR count). The van der Waals surface area contributed by atoms with Gasteiger partial charge in [-0.25, -0.2) is 4.79 Å². The fraction of sp³-hybridized carbons (Fsp3) is 0.0455. The number of hydrogen-bond donors (Lipinski definition) is 0. The predicted octanol–water partition coefficient (Wildman–Crippen LogP) is 3.85. The lowest BCUT2D eigenvalue weighted by atomic mass is 10.0. The molecule has 1 aliphatic rings. The van der Waals surface area contributed by atoms with Crippen LogP contribution < -0.4 is 0 Å². The Morgan fingerprint density at radius 2 is 1.55 bits per heavy atom. The van der Waals surface area contributed by atoms with Gasteiger partial charge in [0.05, 0.1) is 10.5 Å². The second-order valence-corrected chi connectivity index (χ2v) is 6.44. The molecule has 0 fully saturated rings. The molecule has 1 aliphatic carbocycles. The Balaban J connectivity index is 1.51. The summed E-state index contributed by atoms with van der Waals surface area (Å²) in [5, 5.41) is 10.8. The SMILES string of the molecule is O=C(COC(=O)c1ccc2c(c1)-c1ccccc1C2=O)c1cccc([N+](=O)[O-])c1. The van der Waals surface area contributed by atoms with Crippen molar-refractivity contribution in [2.45, 2.75) is 0 Å². The zero-order valence-corrected chi connectivity index (χ0v) is 15.0. The number of nitrogens with zero attached hydrogens (tertiary/aromatic N) is 1. The molecule has 0 aliphatic heterocycles. The number of carbonyl (C=O) groups excluding carboxylic acids is 3. The highest BCUT2D eigenvalue weighted by Gasteiger charge is 2.27. The van der Waals surface area contributed by atoms with Crippen molar-refractivity contribution in [3.8, 4) is 11.1 Å². The summed E-state index contributed by atoms with van der Waals surface area (Å²) >= 11 is 0. The molecule has 3 aromatic carbocycles. The molecule has 0 bridgehead atoms. The third-order valence-electron chi connectivity index (χ3n) is 4.68. The Morgan fingerprint density at radius 3 is 2.31 bits per heavy atom. The number of ketones is 2. The van der Waals surface area contributed by atoms with E-state index in [4.69, 9.17) is 4.74 Å². The summed E-state index contributed by atoms with van der Waals surface area (Å²) in [6.07, 6.45) is 0. The van der Waals surface area contributed by atoms with Crippen LogP contribution in [-0.2, 0) is 4.74 Å². The quantitative estimate of drug-likeness (QED) is 0.223. The molecule has 0 heterocycles. The highest BCUT2D eigenvalue weighted by Crippen LogP contribution is 2.36. The highest BCUT2D eigenvalue weighted by atomic mass is 16.6. The van der Waals surface area contributed by atoms with Crippen LogP contribution in [0.4, 0.5) is 5.69 Å².